The van der Waals surface area contributed by atoms with Gasteiger partial charge in [-0.25, -0.2) is 0 Å². The highest BCUT2D eigenvalue weighted by Gasteiger charge is 2.58. The molecule has 3 rings (SSSR count). The van der Waals surface area contributed by atoms with E-state index in [1.807, 2.05) is 42.5 Å². The van der Waals surface area contributed by atoms with Crippen molar-refractivity contribution in [3.05, 3.63) is 48.0 Å². The third-order valence-corrected chi connectivity index (χ3v) is 7.23. The van der Waals surface area contributed by atoms with Crippen LogP contribution in [0.2, 0.25) is 0 Å². The van der Waals surface area contributed by atoms with Crippen LogP contribution in [0.15, 0.2) is 42.5 Å². The fourth-order valence-electron chi connectivity index (χ4n) is 5.60. The predicted octanol–water partition coefficient (Wildman–Crippen LogP) is 2.30. The molecule has 3 N–H and O–H groups in total. The number of hydrogen-bond donors (Lipinski definition) is 3. The smallest absolute Gasteiger partial charge is 0.243 e. The van der Waals surface area contributed by atoms with Gasteiger partial charge in [-0.3, -0.25) is 14.4 Å². The quantitative estimate of drug-likeness (QED) is 0.342. The Morgan fingerprint density at radius 2 is 1.82 bits per heavy atom. The molecular weight excluding hydrogens is 430 g/mol. The van der Waals surface area contributed by atoms with E-state index < -0.39 is 29.8 Å². The second-order valence-electron chi connectivity index (χ2n) is 9.44. The molecule has 186 valence electrons. The van der Waals surface area contributed by atoms with E-state index in [9.17, 15) is 19.5 Å². The Labute approximate surface area is 203 Å². The van der Waals surface area contributed by atoms with E-state index in [1.165, 1.54) is 0 Å². The van der Waals surface area contributed by atoms with Gasteiger partial charge in [-0.2, -0.15) is 0 Å². The average Bonchev–Trinajstić information content (AvgIpc) is 3.15. The van der Waals surface area contributed by atoms with Crippen LogP contribution in [0.4, 0.5) is 0 Å². The molecular formula is C27H39N3O4. The van der Waals surface area contributed by atoms with Crippen LogP contribution in [0.25, 0.3) is 0 Å². The number of aliphatic hydroxyl groups is 1. The largest absolute Gasteiger partial charge is 0.394 e. The van der Waals surface area contributed by atoms with Crippen LogP contribution in [0.3, 0.4) is 0 Å². The van der Waals surface area contributed by atoms with Crippen LogP contribution < -0.4 is 10.6 Å². The number of unbranched alkanes of at least 4 members (excludes halogenated alkanes) is 1. The minimum absolute atomic E-state index is 0.0550. The molecule has 0 bridgehead atoms. The minimum atomic E-state index is -0.749. The molecule has 7 nitrogen and oxygen atoms in total. The fraction of sp³-hybridized carbons (Fsp3) is 0.593. The summed E-state index contributed by atoms with van der Waals surface area (Å²) in [6.07, 6.45) is 7.93. The number of carbonyl (C=O) groups excluding carboxylic acids is 3. The van der Waals surface area contributed by atoms with Gasteiger partial charge in [0.1, 0.15) is 6.04 Å². The summed E-state index contributed by atoms with van der Waals surface area (Å²) in [7, 11) is 1.59. The number of fused-ring (bicyclic) bond motifs is 1. The van der Waals surface area contributed by atoms with Crippen molar-refractivity contribution in [2.24, 2.45) is 23.7 Å². The normalized spacial score (nSPS) is 26.8. The number of hydrogen-bond acceptors (Lipinski definition) is 4. The Morgan fingerprint density at radius 3 is 2.44 bits per heavy atom. The number of nitrogens with zero attached hydrogens (tertiary/aromatic N) is 1. The number of benzene rings is 1. The molecule has 1 aliphatic carbocycles. The Bertz CT molecular complexity index is 872. The molecule has 1 aromatic carbocycles. The van der Waals surface area contributed by atoms with Crippen LogP contribution in [-0.2, 0) is 20.8 Å². The lowest BCUT2D eigenvalue weighted by molar-refractivity contribution is -0.143. The number of carbonyl (C=O) groups is 3. The molecule has 1 saturated heterocycles. The first-order valence-electron chi connectivity index (χ1n) is 12.6. The zero-order valence-corrected chi connectivity index (χ0v) is 20.6. The standard InChI is InChI=1S/C27H39N3O4/c1-4-6-15-29-26(33)24-21-14-13-19(10-5-2)22(25(32)28-3)23(21)27(34)30(24)20(17-31)16-18-11-8-7-9-12-18/h7-9,11-14,19-24,31H,4-6,10,15-17H2,1-3H3,(H,28,32)(H,29,33)/t19-,20-,21+,22-,23+,24+/m1/s1. The molecule has 1 fully saturated rings. The number of likely N-dealkylation sites (tertiary alicyclic amines) is 1. The Hall–Kier alpha value is -2.67. The summed E-state index contributed by atoms with van der Waals surface area (Å²) in [4.78, 5) is 42.0. The summed E-state index contributed by atoms with van der Waals surface area (Å²) in [5.41, 5.74) is 0.983. The Kier molecular flexibility index (Phi) is 9.28. The van der Waals surface area contributed by atoms with Crippen molar-refractivity contribution >= 4 is 17.7 Å². The van der Waals surface area contributed by atoms with Gasteiger partial charge in [-0.05, 0) is 30.7 Å². The van der Waals surface area contributed by atoms with E-state index in [2.05, 4.69) is 24.5 Å². The number of nitrogens with one attached hydrogen (secondary N) is 2. The third kappa shape index (κ3) is 5.35. The maximum Gasteiger partial charge on any atom is 0.243 e. The van der Waals surface area contributed by atoms with Crippen molar-refractivity contribution in [1.82, 2.24) is 15.5 Å². The first-order valence-corrected chi connectivity index (χ1v) is 12.6. The lowest BCUT2D eigenvalue weighted by atomic mass is 9.68. The van der Waals surface area contributed by atoms with Crippen molar-refractivity contribution in [2.45, 2.75) is 58.0 Å². The highest BCUT2D eigenvalue weighted by atomic mass is 16.3. The zero-order chi connectivity index (χ0) is 24.7. The second-order valence-corrected chi connectivity index (χ2v) is 9.44. The predicted molar refractivity (Wildman–Crippen MR) is 132 cm³/mol. The molecule has 2 aliphatic rings. The number of amides is 3. The summed E-state index contributed by atoms with van der Waals surface area (Å²) in [6, 6.07) is 8.37. The molecule has 0 unspecified atom stereocenters. The van der Waals surface area contributed by atoms with Gasteiger partial charge >= 0.3 is 0 Å². The van der Waals surface area contributed by atoms with E-state index in [-0.39, 0.29) is 30.2 Å². The van der Waals surface area contributed by atoms with Crippen LogP contribution in [0.1, 0.15) is 45.1 Å². The number of aliphatic hydroxyl groups excluding tert-OH is 1. The van der Waals surface area contributed by atoms with Gasteiger partial charge in [0.25, 0.3) is 0 Å². The molecule has 1 heterocycles. The van der Waals surface area contributed by atoms with E-state index in [0.29, 0.717) is 13.0 Å². The summed E-state index contributed by atoms with van der Waals surface area (Å²) >= 11 is 0. The first kappa shape index (κ1) is 25.9. The molecule has 6 atom stereocenters. The van der Waals surface area contributed by atoms with Gasteiger partial charge in [0.2, 0.25) is 17.7 Å². The number of rotatable bonds is 11. The maximum absolute atomic E-state index is 14.0. The van der Waals surface area contributed by atoms with E-state index in [0.717, 1.165) is 31.2 Å². The summed E-state index contributed by atoms with van der Waals surface area (Å²) < 4.78 is 0. The van der Waals surface area contributed by atoms with Gasteiger partial charge in [0.15, 0.2) is 0 Å². The monoisotopic (exact) mass is 469 g/mol. The van der Waals surface area contributed by atoms with Crippen molar-refractivity contribution < 1.29 is 19.5 Å². The van der Waals surface area contributed by atoms with Crippen LogP contribution in [0, 0.1) is 23.7 Å². The molecule has 1 aliphatic heterocycles. The fourth-order valence-corrected chi connectivity index (χ4v) is 5.60. The van der Waals surface area contributed by atoms with Crippen LogP contribution >= 0.6 is 0 Å². The molecule has 34 heavy (non-hydrogen) atoms. The summed E-state index contributed by atoms with van der Waals surface area (Å²) in [5, 5.41) is 16.1. The maximum atomic E-state index is 14.0. The van der Waals surface area contributed by atoms with Crippen molar-refractivity contribution in [3.8, 4) is 0 Å². The molecule has 3 amide bonds. The van der Waals surface area contributed by atoms with Crippen LogP contribution in [0.5, 0.6) is 0 Å². The molecule has 1 aromatic rings. The van der Waals surface area contributed by atoms with Gasteiger partial charge in [-0.15, -0.1) is 0 Å². The zero-order valence-electron chi connectivity index (χ0n) is 20.6. The molecule has 0 radical (unpaired) electrons. The second kappa shape index (κ2) is 12.2. The average molecular weight is 470 g/mol. The summed E-state index contributed by atoms with van der Waals surface area (Å²) in [5.74, 6) is -2.20. The van der Waals surface area contributed by atoms with Gasteiger partial charge in [0, 0.05) is 19.5 Å². The van der Waals surface area contributed by atoms with Gasteiger partial charge in [0.05, 0.1) is 24.5 Å². The SMILES string of the molecule is CCCCNC(=O)[C@@H]1[C@H]2C=C[C@@H](CCC)[C@@H](C(=O)NC)[C@H]2C(=O)N1[C@@H](CO)Cc1ccccc1. The lowest BCUT2D eigenvalue weighted by Crippen LogP contribution is -2.53. The first-order chi connectivity index (χ1) is 16.5. The Morgan fingerprint density at radius 1 is 1.09 bits per heavy atom. The van der Waals surface area contributed by atoms with Gasteiger partial charge < -0.3 is 20.6 Å². The number of allylic oxidation sites excluding steroid dienone is 1. The van der Waals surface area contributed by atoms with Gasteiger partial charge in [-0.1, -0.05) is 69.2 Å². The molecule has 0 aromatic heterocycles. The topological polar surface area (TPSA) is 98.7 Å². The highest BCUT2D eigenvalue weighted by molar-refractivity contribution is 5.97. The van der Waals surface area contributed by atoms with Crippen LogP contribution in [-0.4, -0.2) is 60.0 Å². The minimum Gasteiger partial charge on any atom is -0.394 e. The Balaban J connectivity index is 2.00. The summed E-state index contributed by atoms with van der Waals surface area (Å²) in [6.45, 7) is 4.40. The van der Waals surface area contributed by atoms with Crippen molar-refractivity contribution in [1.29, 1.82) is 0 Å². The van der Waals surface area contributed by atoms with Crippen molar-refractivity contribution in [2.75, 3.05) is 20.2 Å². The molecule has 0 saturated carbocycles. The molecule has 7 heteroatoms. The van der Waals surface area contributed by atoms with Crippen molar-refractivity contribution in [3.63, 3.8) is 0 Å². The van der Waals surface area contributed by atoms with E-state index >= 15 is 0 Å². The third-order valence-electron chi connectivity index (χ3n) is 7.23. The van der Waals surface area contributed by atoms with E-state index in [4.69, 9.17) is 0 Å². The lowest BCUT2D eigenvalue weighted by Gasteiger charge is -2.34. The highest BCUT2D eigenvalue weighted by Crippen LogP contribution is 2.46. The molecule has 0 spiro atoms. The van der Waals surface area contributed by atoms with E-state index in [1.54, 1.807) is 11.9 Å².